The van der Waals surface area contributed by atoms with E-state index in [1.807, 2.05) is 6.92 Å². The van der Waals surface area contributed by atoms with E-state index in [1.54, 1.807) is 0 Å². The van der Waals surface area contributed by atoms with Gasteiger partial charge in [0.2, 0.25) is 0 Å². The molecule has 2 nitrogen and oxygen atoms in total. The summed E-state index contributed by atoms with van der Waals surface area (Å²) in [5.74, 6) is 0.147. The molecule has 0 spiro atoms. The van der Waals surface area contributed by atoms with Gasteiger partial charge < -0.3 is 5.32 Å². The van der Waals surface area contributed by atoms with Gasteiger partial charge in [0.1, 0.15) is 0 Å². The lowest BCUT2D eigenvalue weighted by molar-refractivity contribution is 0.125. The first kappa shape index (κ1) is 9.54. The van der Waals surface area contributed by atoms with Crippen molar-refractivity contribution in [3.05, 3.63) is 0 Å². The Hall–Kier alpha value is -0.550. The van der Waals surface area contributed by atoms with Gasteiger partial charge in [-0.25, -0.2) is 0 Å². The van der Waals surface area contributed by atoms with Crippen LogP contribution in [-0.2, 0) is 0 Å². The molecule has 0 aromatic rings. The third-order valence-corrected chi connectivity index (χ3v) is 2.53. The van der Waals surface area contributed by atoms with Gasteiger partial charge in [-0.1, -0.05) is 13.8 Å². The summed E-state index contributed by atoms with van der Waals surface area (Å²) in [6, 6.07) is 2.89. The summed E-state index contributed by atoms with van der Waals surface area (Å²) in [5, 5.41) is 12.0. The molecule has 0 aromatic heterocycles. The number of nitrogens with one attached hydrogen (secondary N) is 1. The lowest BCUT2D eigenvalue weighted by Gasteiger charge is -2.43. The molecule has 0 heterocycles. The van der Waals surface area contributed by atoms with E-state index in [2.05, 4.69) is 25.2 Å². The summed E-state index contributed by atoms with van der Waals surface area (Å²) in [6.07, 6.45) is 2.51. The molecule has 1 rings (SSSR count). The number of hydrogen-bond acceptors (Lipinski definition) is 2. The maximum absolute atomic E-state index is 8.55. The quantitative estimate of drug-likeness (QED) is 0.695. The summed E-state index contributed by atoms with van der Waals surface area (Å²) >= 11 is 0. The predicted molar refractivity (Wildman–Crippen MR) is 49.6 cm³/mol. The smallest absolute Gasteiger partial charge is 0.0666 e. The summed E-state index contributed by atoms with van der Waals surface area (Å²) in [6.45, 7) is 7.38. The minimum Gasteiger partial charge on any atom is -0.313 e. The molecule has 1 aliphatic carbocycles. The van der Waals surface area contributed by atoms with Crippen LogP contribution in [0.25, 0.3) is 0 Å². The molecule has 1 saturated carbocycles. The zero-order valence-electron chi connectivity index (χ0n) is 8.22. The minimum absolute atomic E-state index is 0.147. The van der Waals surface area contributed by atoms with Gasteiger partial charge in [0.25, 0.3) is 0 Å². The average Bonchev–Trinajstić information content (AvgIpc) is 1.96. The highest BCUT2D eigenvalue weighted by atomic mass is 14.9. The molecule has 0 saturated heterocycles. The number of nitriles is 1. The zero-order valence-corrected chi connectivity index (χ0v) is 8.22. The number of hydrogen-bond donors (Lipinski definition) is 1. The molecule has 1 N–H and O–H groups in total. The second-order valence-electron chi connectivity index (χ2n) is 4.71. The van der Waals surface area contributed by atoms with Crippen LogP contribution >= 0.6 is 0 Å². The van der Waals surface area contributed by atoms with Crippen molar-refractivity contribution in [2.75, 3.05) is 6.54 Å². The van der Waals surface area contributed by atoms with E-state index in [-0.39, 0.29) is 5.92 Å². The van der Waals surface area contributed by atoms with Gasteiger partial charge in [-0.15, -0.1) is 0 Å². The molecule has 0 aliphatic heterocycles. The van der Waals surface area contributed by atoms with Gasteiger partial charge >= 0.3 is 0 Å². The third kappa shape index (κ3) is 2.49. The van der Waals surface area contributed by atoms with Crippen LogP contribution in [0.2, 0.25) is 0 Å². The highest BCUT2D eigenvalue weighted by molar-refractivity contribution is 4.92. The molecule has 0 aromatic carbocycles. The predicted octanol–water partition coefficient (Wildman–Crippen LogP) is 1.92. The zero-order chi connectivity index (χ0) is 9.19. The first-order valence-electron chi connectivity index (χ1n) is 4.66. The molecule has 0 bridgehead atoms. The molecule has 12 heavy (non-hydrogen) atoms. The first-order valence-corrected chi connectivity index (χ1v) is 4.66. The van der Waals surface area contributed by atoms with E-state index in [0.717, 1.165) is 6.54 Å². The molecular weight excluding hydrogens is 148 g/mol. The highest BCUT2D eigenvalue weighted by Crippen LogP contribution is 2.39. The highest BCUT2D eigenvalue weighted by Gasteiger charge is 2.35. The Kier molecular flexibility index (Phi) is 2.74. The van der Waals surface area contributed by atoms with Crippen molar-refractivity contribution in [1.82, 2.24) is 5.32 Å². The van der Waals surface area contributed by atoms with Crippen LogP contribution in [0, 0.1) is 22.7 Å². The lowest BCUT2D eigenvalue weighted by Crippen LogP contribution is -2.46. The minimum atomic E-state index is 0.147. The second-order valence-corrected chi connectivity index (χ2v) is 4.71. The fourth-order valence-electron chi connectivity index (χ4n) is 1.81. The summed E-state index contributed by atoms with van der Waals surface area (Å²) in [7, 11) is 0. The van der Waals surface area contributed by atoms with Crippen LogP contribution in [0.5, 0.6) is 0 Å². The van der Waals surface area contributed by atoms with Crippen molar-refractivity contribution in [1.29, 1.82) is 5.26 Å². The molecule has 1 aliphatic rings. The largest absolute Gasteiger partial charge is 0.313 e. The van der Waals surface area contributed by atoms with E-state index >= 15 is 0 Å². The Morgan fingerprint density at radius 3 is 2.58 bits per heavy atom. The third-order valence-electron chi connectivity index (χ3n) is 2.53. The molecular formula is C10H18N2. The van der Waals surface area contributed by atoms with Gasteiger partial charge in [0.05, 0.1) is 12.0 Å². The molecule has 0 radical (unpaired) electrons. The Bertz CT molecular complexity index is 183. The van der Waals surface area contributed by atoms with Gasteiger partial charge in [0, 0.05) is 12.6 Å². The Morgan fingerprint density at radius 1 is 1.58 bits per heavy atom. The summed E-state index contributed by atoms with van der Waals surface area (Å²) in [5.41, 5.74) is 0.535. The lowest BCUT2D eigenvalue weighted by atomic mass is 9.68. The average molecular weight is 166 g/mol. The van der Waals surface area contributed by atoms with Crippen molar-refractivity contribution in [3.63, 3.8) is 0 Å². The number of nitrogens with zero attached hydrogens (tertiary/aromatic N) is 1. The summed E-state index contributed by atoms with van der Waals surface area (Å²) in [4.78, 5) is 0. The molecule has 0 amide bonds. The van der Waals surface area contributed by atoms with Crippen LogP contribution in [0.1, 0.15) is 33.6 Å². The van der Waals surface area contributed by atoms with E-state index in [4.69, 9.17) is 5.26 Å². The van der Waals surface area contributed by atoms with Crippen LogP contribution < -0.4 is 5.32 Å². The van der Waals surface area contributed by atoms with Gasteiger partial charge in [-0.3, -0.25) is 0 Å². The van der Waals surface area contributed by atoms with E-state index in [0.29, 0.717) is 11.5 Å². The van der Waals surface area contributed by atoms with Crippen LogP contribution in [0.15, 0.2) is 0 Å². The van der Waals surface area contributed by atoms with Crippen molar-refractivity contribution in [3.8, 4) is 6.07 Å². The van der Waals surface area contributed by atoms with Crippen molar-refractivity contribution in [2.24, 2.45) is 11.3 Å². The molecule has 1 atom stereocenters. The maximum Gasteiger partial charge on any atom is 0.0666 e. The Morgan fingerprint density at radius 2 is 2.17 bits per heavy atom. The Labute approximate surface area is 75.0 Å². The SMILES string of the molecule is CC(C#N)CNC1CC(C)(C)C1. The topological polar surface area (TPSA) is 35.8 Å². The van der Waals surface area contributed by atoms with Crippen molar-refractivity contribution in [2.45, 2.75) is 39.7 Å². The van der Waals surface area contributed by atoms with Crippen molar-refractivity contribution < 1.29 is 0 Å². The van der Waals surface area contributed by atoms with Gasteiger partial charge in [0.15, 0.2) is 0 Å². The molecule has 2 heteroatoms. The van der Waals surface area contributed by atoms with E-state index in [1.165, 1.54) is 12.8 Å². The molecule has 1 unspecified atom stereocenters. The maximum atomic E-state index is 8.55. The van der Waals surface area contributed by atoms with E-state index < -0.39 is 0 Å². The monoisotopic (exact) mass is 166 g/mol. The second kappa shape index (κ2) is 3.45. The van der Waals surface area contributed by atoms with Crippen LogP contribution in [0.3, 0.4) is 0 Å². The number of rotatable bonds is 3. The van der Waals surface area contributed by atoms with Crippen LogP contribution in [-0.4, -0.2) is 12.6 Å². The standard InChI is InChI=1S/C10H18N2/c1-8(6-11)7-12-9-4-10(2,3)5-9/h8-9,12H,4-5,7H2,1-3H3. The normalized spacial score (nSPS) is 24.2. The van der Waals surface area contributed by atoms with Gasteiger partial charge in [-0.2, -0.15) is 5.26 Å². The Balaban J connectivity index is 2.09. The fourth-order valence-corrected chi connectivity index (χ4v) is 1.81. The summed E-state index contributed by atoms with van der Waals surface area (Å²) < 4.78 is 0. The van der Waals surface area contributed by atoms with Gasteiger partial charge in [-0.05, 0) is 25.2 Å². The molecule has 68 valence electrons. The first-order chi connectivity index (χ1) is 5.53. The van der Waals surface area contributed by atoms with Crippen molar-refractivity contribution >= 4 is 0 Å². The van der Waals surface area contributed by atoms with Crippen LogP contribution in [0.4, 0.5) is 0 Å². The van der Waals surface area contributed by atoms with E-state index in [9.17, 15) is 0 Å². The molecule has 1 fully saturated rings. The fraction of sp³-hybridized carbons (Fsp3) is 0.900.